The molecule has 1 aliphatic rings. The zero-order valence-corrected chi connectivity index (χ0v) is 24.5. The Labute approximate surface area is 239 Å². The van der Waals surface area contributed by atoms with Crippen LogP contribution in [0.5, 0.6) is 5.75 Å². The summed E-state index contributed by atoms with van der Waals surface area (Å²) in [7, 11) is 0. The number of hydrogen-bond donors (Lipinski definition) is 0. The molecular formula is C32H39N3O4S. The highest BCUT2D eigenvalue weighted by atomic mass is 32.1. The van der Waals surface area contributed by atoms with Crippen LogP contribution in [0.4, 0.5) is 5.69 Å². The molecule has 0 N–H and O–H groups in total. The number of carbonyl (C=O) groups excluding carboxylic acids is 1. The highest BCUT2D eigenvalue weighted by Gasteiger charge is 2.19. The van der Waals surface area contributed by atoms with E-state index in [1.54, 1.807) is 24.3 Å². The fourth-order valence-corrected chi connectivity index (χ4v) is 6.22. The topological polar surface area (TPSA) is 64.0 Å². The predicted octanol–water partition coefficient (Wildman–Crippen LogP) is 6.31. The average molecular weight is 562 g/mol. The SMILES string of the molecule is CC(C)CC(=O)OC(C)n1c(=O)ccc2ccc(OCCCCN3CCN(c4cccc5sccc45)CC3)cc21. The number of anilines is 1. The van der Waals surface area contributed by atoms with Gasteiger partial charge in [-0.25, -0.2) is 0 Å². The van der Waals surface area contributed by atoms with Gasteiger partial charge in [-0.15, -0.1) is 11.3 Å². The van der Waals surface area contributed by atoms with Crippen molar-refractivity contribution in [3.63, 3.8) is 0 Å². The lowest BCUT2D eigenvalue weighted by Crippen LogP contribution is -2.46. The molecule has 0 spiro atoms. The number of thiophene rings is 1. The molecule has 0 radical (unpaired) electrons. The number of aromatic nitrogens is 1. The zero-order chi connectivity index (χ0) is 28.1. The minimum Gasteiger partial charge on any atom is -0.494 e. The fourth-order valence-electron chi connectivity index (χ4n) is 5.42. The van der Waals surface area contributed by atoms with Crippen molar-refractivity contribution >= 4 is 44.0 Å². The van der Waals surface area contributed by atoms with Crippen LogP contribution in [-0.4, -0.2) is 54.8 Å². The third-order valence-electron chi connectivity index (χ3n) is 7.47. The van der Waals surface area contributed by atoms with Gasteiger partial charge in [-0.05, 0) is 79.4 Å². The number of ether oxygens (including phenoxy) is 2. The Morgan fingerprint density at radius 3 is 2.58 bits per heavy atom. The van der Waals surface area contributed by atoms with Gasteiger partial charge in [0.05, 0.1) is 12.1 Å². The summed E-state index contributed by atoms with van der Waals surface area (Å²) >= 11 is 1.80. The van der Waals surface area contributed by atoms with Gasteiger partial charge in [-0.3, -0.25) is 19.1 Å². The van der Waals surface area contributed by atoms with E-state index in [0.29, 0.717) is 24.3 Å². The van der Waals surface area contributed by atoms with E-state index < -0.39 is 6.23 Å². The lowest BCUT2D eigenvalue weighted by molar-refractivity contribution is -0.153. The molecule has 2 aromatic heterocycles. The van der Waals surface area contributed by atoms with Crippen LogP contribution in [0.1, 0.15) is 46.3 Å². The summed E-state index contributed by atoms with van der Waals surface area (Å²) in [5.74, 6) is 0.601. The normalized spacial score (nSPS) is 15.2. The van der Waals surface area contributed by atoms with Crippen LogP contribution in [-0.2, 0) is 9.53 Å². The van der Waals surface area contributed by atoms with Gasteiger partial charge in [0, 0.05) is 60.5 Å². The van der Waals surface area contributed by atoms with Gasteiger partial charge in [0.1, 0.15) is 5.75 Å². The first-order valence-corrected chi connectivity index (χ1v) is 15.2. The summed E-state index contributed by atoms with van der Waals surface area (Å²) in [5, 5.41) is 4.44. The summed E-state index contributed by atoms with van der Waals surface area (Å²) in [6, 6.07) is 17.9. The van der Waals surface area contributed by atoms with Crippen molar-refractivity contribution in [2.75, 3.05) is 44.2 Å². The standard InChI is InChI=1S/C32H39N3O4S/c1-23(2)21-32(37)39-24(3)35-29-22-26(11-9-25(29)10-12-31(35)36)38-19-5-4-14-33-15-17-34(18-16-33)28-7-6-8-30-27(28)13-20-40-30/h6-13,20,22-24H,4-5,14-19,21H2,1-3H3. The first-order chi connectivity index (χ1) is 19.4. The van der Waals surface area contributed by atoms with Gasteiger partial charge in [0.2, 0.25) is 0 Å². The van der Waals surface area contributed by atoms with Crippen LogP contribution >= 0.6 is 11.3 Å². The largest absolute Gasteiger partial charge is 0.494 e. The minimum absolute atomic E-state index is 0.195. The Morgan fingerprint density at radius 1 is 0.975 bits per heavy atom. The van der Waals surface area contributed by atoms with E-state index in [0.717, 1.165) is 51.0 Å². The number of fused-ring (bicyclic) bond motifs is 2. The van der Waals surface area contributed by atoms with Crippen molar-refractivity contribution in [1.29, 1.82) is 0 Å². The molecule has 1 fully saturated rings. The van der Waals surface area contributed by atoms with E-state index >= 15 is 0 Å². The smallest absolute Gasteiger partial charge is 0.307 e. The fraction of sp³-hybridized carbons (Fsp3) is 0.438. The molecule has 0 aliphatic carbocycles. The van der Waals surface area contributed by atoms with Gasteiger partial charge in [0.25, 0.3) is 5.56 Å². The number of rotatable bonds is 11. The van der Waals surface area contributed by atoms with Gasteiger partial charge in [-0.1, -0.05) is 19.9 Å². The highest BCUT2D eigenvalue weighted by molar-refractivity contribution is 7.17. The number of hydrogen-bond acceptors (Lipinski definition) is 7. The summed E-state index contributed by atoms with van der Waals surface area (Å²) in [6.45, 7) is 11.6. The number of nitrogens with zero attached hydrogens (tertiary/aromatic N) is 3. The second-order valence-corrected chi connectivity index (χ2v) is 11.9. The van der Waals surface area contributed by atoms with E-state index in [-0.39, 0.29) is 17.4 Å². The summed E-state index contributed by atoms with van der Waals surface area (Å²) in [4.78, 5) is 30.0. The quantitative estimate of drug-likeness (QED) is 0.158. The molecule has 1 unspecified atom stereocenters. The summed E-state index contributed by atoms with van der Waals surface area (Å²) in [5.41, 5.74) is 1.85. The molecule has 40 heavy (non-hydrogen) atoms. The molecule has 0 bridgehead atoms. The highest BCUT2D eigenvalue weighted by Crippen LogP contribution is 2.31. The Morgan fingerprint density at radius 2 is 1.77 bits per heavy atom. The van der Waals surface area contributed by atoms with Crippen molar-refractivity contribution < 1.29 is 14.3 Å². The summed E-state index contributed by atoms with van der Waals surface area (Å²) in [6.07, 6.45) is 1.65. The monoisotopic (exact) mass is 561 g/mol. The Kier molecular flexibility index (Phi) is 9.07. The molecular weight excluding hydrogens is 522 g/mol. The maximum Gasteiger partial charge on any atom is 0.307 e. The molecule has 1 saturated heterocycles. The van der Waals surface area contributed by atoms with Crippen LogP contribution < -0.4 is 15.2 Å². The number of unbranched alkanes of at least 4 members (excludes halogenated alkanes) is 1. The van der Waals surface area contributed by atoms with Crippen molar-refractivity contribution in [1.82, 2.24) is 9.47 Å². The molecule has 212 valence electrons. The van der Waals surface area contributed by atoms with E-state index in [1.165, 1.54) is 26.4 Å². The van der Waals surface area contributed by atoms with Gasteiger partial charge in [0.15, 0.2) is 6.23 Å². The molecule has 1 atom stereocenters. The number of piperazine rings is 1. The minimum atomic E-state index is -0.698. The van der Waals surface area contributed by atoms with Crippen molar-refractivity contribution in [2.45, 2.75) is 46.3 Å². The van der Waals surface area contributed by atoms with Crippen molar-refractivity contribution in [3.05, 3.63) is 70.3 Å². The molecule has 1 aliphatic heterocycles. The molecule has 8 heteroatoms. The van der Waals surface area contributed by atoms with Crippen molar-refractivity contribution in [2.24, 2.45) is 5.92 Å². The Bertz CT molecular complexity index is 1500. The van der Waals surface area contributed by atoms with Gasteiger partial charge >= 0.3 is 5.97 Å². The molecule has 0 amide bonds. The molecule has 5 rings (SSSR count). The molecule has 3 heterocycles. The second-order valence-electron chi connectivity index (χ2n) is 10.9. The molecule has 7 nitrogen and oxygen atoms in total. The molecule has 0 saturated carbocycles. The summed E-state index contributed by atoms with van der Waals surface area (Å²) < 4.78 is 14.5. The van der Waals surface area contributed by atoms with Crippen molar-refractivity contribution in [3.8, 4) is 5.75 Å². The van der Waals surface area contributed by atoms with E-state index in [9.17, 15) is 9.59 Å². The maximum atomic E-state index is 12.7. The first kappa shape index (κ1) is 28.2. The number of carbonyl (C=O) groups is 1. The Hall–Kier alpha value is -3.36. The van der Waals surface area contributed by atoms with Crippen LogP contribution in [0.15, 0.2) is 64.8 Å². The lowest BCUT2D eigenvalue weighted by atomic mass is 10.1. The van der Waals surface area contributed by atoms with Crippen LogP contribution in [0.2, 0.25) is 0 Å². The lowest BCUT2D eigenvalue weighted by Gasteiger charge is -2.36. The predicted molar refractivity (Wildman–Crippen MR) is 164 cm³/mol. The van der Waals surface area contributed by atoms with Gasteiger partial charge < -0.3 is 14.4 Å². The first-order valence-electron chi connectivity index (χ1n) is 14.3. The van der Waals surface area contributed by atoms with Crippen LogP contribution in [0, 0.1) is 5.92 Å². The van der Waals surface area contributed by atoms with Crippen LogP contribution in [0.25, 0.3) is 21.0 Å². The van der Waals surface area contributed by atoms with Gasteiger partial charge in [-0.2, -0.15) is 0 Å². The van der Waals surface area contributed by atoms with E-state index in [1.807, 2.05) is 32.0 Å². The third kappa shape index (κ3) is 6.67. The number of esters is 1. The molecule has 4 aromatic rings. The second kappa shape index (κ2) is 12.9. The van der Waals surface area contributed by atoms with E-state index in [4.69, 9.17) is 9.47 Å². The van der Waals surface area contributed by atoms with Crippen LogP contribution in [0.3, 0.4) is 0 Å². The maximum absolute atomic E-state index is 12.7. The zero-order valence-electron chi connectivity index (χ0n) is 23.7. The number of pyridine rings is 1. The molecule has 2 aromatic carbocycles. The average Bonchev–Trinajstić information content (AvgIpc) is 3.42. The third-order valence-corrected chi connectivity index (χ3v) is 8.35. The van der Waals surface area contributed by atoms with E-state index in [2.05, 4.69) is 39.4 Å². The Balaban J connectivity index is 1.10. The number of benzene rings is 2.